The highest BCUT2D eigenvalue weighted by atomic mass is 32.2. The molecule has 0 spiro atoms. The van der Waals surface area contributed by atoms with E-state index >= 15 is 0 Å². The quantitative estimate of drug-likeness (QED) is 0.642. The van der Waals surface area contributed by atoms with Crippen molar-refractivity contribution in [2.75, 3.05) is 12.9 Å². The van der Waals surface area contributed by atoms with Gasteiger partial charge in [0, 0.05) is 5.69 Å². The topological polar surface area (TPSA) is 57.0 Å². The van der Waals surface area contributed by atoms with Crippen molar-refractivity contribution < 1.29 is 9.53 Å². The second-order valence-electron chi connectivity index (χ2n) is 5.17. The lowest BCUT2D eigenvalue weighted by molar-refractivity contribution is -0.114. The minimum Gasteiger partial charge on any atom is -0.496 e. The predicted molar refractivity (Wildman–Crippen MR) is 94.8 cm³/mol. The molecule has 0 N–H and O–H groups in total. The summed E-state index contributed by atoms with van der Waals surface area (Å²) in [6.07, 6.45) is 0. The molecule has 0 bridgehead atoms. The van der Waals surface area contributed by atoms with Gasteiger partial charge in [-0.3, -0.25) is 9.36 Å². The maximum absolute atomic E-state index is 11.3. The van der Waals surface area contributed by atoms with Crippen LogP contribution in [0.1, 0.15) is 6.92 Å². The molecule has 0 aliphatic carbocycles. The number of methoxy groups -OCH3 is 1. The Balaban J connectivity index is 2.14. The summed E-state index contributed by atoms with van der Waals surface area (Å²) in [6, 6.07) is 17.5. The lowest BCUT2D eigenvalue weighted by Gasteiger charge is -2.12. The molecule has 2 aromatic carbocycles. The summed E-state index contributed by atoms with van der Waals surface area (Å²) in [7, 11) is 1.63. The molecule has 5 nitrogen and oxygen atoms in total. The van der Waals surface area contributed by atoms with Crippen molar-refractivity contribution in [3.63, 3.8) is 0 Å². The first-order chi connectivity index (χ1) is 11.7. The highest BCUT2D eigenvalue weighted by Gasteiger charge is 2.18. The normalized spacial score (nSPS) is 10.6. The first kappa shape index (κ1) is 16.3. The van der Waals surface area contributed by atoms with Crippen molar-refractivity contribution in [1.29, 1.82) is 0 Å². The number of nitrogens with zero attached hydrogens (tertiary/aromatic N) is 3. The molecule has 0 aliphatic heterocycles. The van der Waals surface area contributed by atoms with Gasteiger partial charge in [0.2, 0.25) is 0 Å². The van der Waals surface area contributed by atoms with E-state index < -0.39 is 0 Å². The van der Waals surface area contributed by atoms with E-state index in [-0.39, 0.29) is 5.78 Å². The molecule has 0 radical (unpaired) electrons. The highest BCUT2D eigenvalue weighted by Crippen LogP contribution is 2.33. The van der Waals surface area contributed by atoms with Gasteiger partial charge in [0.05, 0.1) is 18.4 Å². The summed E-state index contributed by atoms with van der Waals surface area (Å²) in [5, 5.41) is 9.31. The van der Waals surface area contributed by atoms with E-state index in [0.717, 1.165) is 17.0 Å². The third kappa shape index (κ3) is 3.33. The maximum Gasteiger partial charge on any atom is 0.196 e. The molecular weight excluding hydrogens is 322 g/mol. The molecular formula is C18H17N3O2S. The molecule has 0 aliphatic rings. The van der Waals surface area contributed by atoms with Gasteiger partial charge < -0.3 is 4.74 Å². The van der Waals surface area contributed by atoms with E-state index in [9.17, 15) is 4.79 Å². The van der Waals surface area contributed by atoms with E-state index in [2.05, 4.69) is 10.2 Å². The maximum atomic E-state index is 11.3. The number of benzene rings is 2. The number of ether oxygens (including phenoxy) is 1. The van der Waals surface area contributed by atoms with Crippen molar-refractivity contribution in [2.24, 2.45) is 0 Å². The Kier molecular flexibility index (Phi) is 4.96. The highest BCUT2D eigenvalue weighted by molar-refractivity contribution is 7.99. The molecule has 1 heterocycles. The molecule has 0 atom stereocenters. The summed E-state index contributed by atoms with van der Waals surface area (Å²) in [5.41, 5.74) is 1.79. The molecule has 0 saturated heterocycles. The fourth-order valence-electron chi connectivity index (χ4n) is 2.34. The fraction of sp³-hybridized carbons (Fsp3) is 0.167. The lowest BCUT2D eigenvalue weighted by atomic mass is 10.2. The van der Waals surface area contributed by atoms with Crippen LogP contribution in [0.2, 0.25) is 0 Å². The summed E-state index contributed by atoms with van der Waals surface area (Å²) >= 11 is 1.38. The number of ketones is 1. The number of rotatable bonds is 6. The van der Waals surface area contributed by atoms with Gasteiger partial charge in [-0.25, -0.2) is 0 Å². The van der Waals surface area contributed by atoms with Gasteiger partial charge >= 0.3 is 0 Å². The van der Waals surface area contributed by atoms with Crippen molar-refractivity contribution in [3.8, 4) is 22.8 Å². The van der Waals surface area contributed by atoms with Crippen molar-refractivity contribution in [3.05, 3.63) is 54.6 Å². The molecule has 6 heteroatoms. The van der Waals surface area contributed by atoms with Gasteiger partial charge in [-0.05, 0) is 31.2 Å². The number of Topliss-reactive ketones (excluding diaryl/α,β-unsaturated/α-hetero) is 1. The number of carbonyl (C=O) groups excluding carboxylic acids is 1. The monoisotopic (exact) mass is 339 g/mol. The standard InChI is InChI=1S/C18H17N3O2S/c1-13(22)12-24-18-20-19-17(15-10-6-7-11-16(15)23-2)21(18)14-8-4-3-5-9-14/h3-11H,12H2,1-2H3. The van der Waals surface area contributed by atoms with Crippen LogP contribution in [0, 0.1) is 0 Å². The molecule has 122 valence electrons. The summed E-state index contributed by atoms with van der Waals surface area (Å²) < 4.78 is 7.41. The molecule has 3 aromatic rings. The Bertz CT molecular complexity index is 846. The smallest absolute Gasteiger partial charge is 0.196 e. The van der Waals surface area contributed by atoms with Gasteiger partial charge in [0.1, 0.15) is 11.5 Å². The largest absolute Gasteiger partial charge is 0.496 e. The lowest BCUT2D eigenvalue weighted by Crippen LogP contribution is -2.02. The predicted octanol–water partition coefficient (Wildman–Crippen LogP) is 3.62. The van der Waals surface area contributed by atoms with Gasteiger partial charge in [-0.2, -0.15) is 0 Å². The summed E-state index contributed by atoms with van der Waals surface area (Å²) in [5.74, 6) is 1.87. The number of thioether (sulfide) groups is 1. The molecule has 3 rings (SSSR count). The third-order valence-electron chi connectivity index (χ3n) is 3.40. The van der Waals surface area contributed by atoms with Crippen LogP contribution in [0.15, 0.2) is 59.8 Å². The zero-order chi connectivity index (χ0) is 16.9. The second-order valence-corrected chi connectivity index (χ2v) is 6.11. The van der Waals surface area contributed by atoms with Crippen LogP contribution in [-0.2, 0) is 4.79 Å². The minimum atomic E-state index is 0.0986. The first-order valence-corrected chi connectivity index (χ1v) is 8.45. The second kappa shape index (κ2) is 7.31. The molecule has 0 saturated carbocycles. The molecule has 24 heavy (non-hydrogen) atoms. The van der Waals surface area contributed by atoms with Crippen LogP contribution in [-0.4, -0.2) is 33.4 Å². The Morgan fingerprint density at radius 2 is 1.79 bits per heavy atom. The van der Waals surface area contributed by atoms with E-state index in [1.54, 1.807) is 14.0 Å². The van der Waals surface area contributed by atoms with Crippen molar-refractivity contribution in [2.45, 2.75) is 12.1 Å². The molecule has 1 aromatic heterocycles. The van der Waals surface area contributed by atoms with Gasteiger partial charge in [-0.1, -0.05) is 42.1 Å². The van der Waals surface area contributed by atoms with Crippen LogP contribution in [0.4, 0.5) is 0 Å². The minimum absolute atomic E-state index is 0.0986. The molecule has 0 fully saturated rings. The van der Waals surface area contributed by atoms with Crippen LogP contribution in [0.3, 0.4) is 0 Å². The average Bonchev–Trinajstić information content (AvgIpc) is 3.04. The van der Waals surface area contributed by atoms with E-state index in [4.69, 9.17) is 4.74 Å². The van der Waals surface area contributed by atoms with E-state index in [1.165, 1.54) is 11.8 Å². The van der Waals surface area contributed by atoms with Crippen LogP contribution in [0.5, 0.6) is 5.75 Å². The molecule has 0 unspecified atom stereocenters. The van der Waals surface area contributed by atoms with Crippen LogP contribution >= 0.6 is 11.8 Å². The Hall–Kier alpha value is -2.60. The summed E-state index contributed by atoms with van der Waals surface area (Å²) in [6.45, 7) is 1.57. The van der Waals surface area contributed by atoms with Gasteiger partial charge in [0.25, 0.3) is 0 Å². The Labute approximate surface area is 144 Å². The third-order valence-corrected chi connectivity index (χ3v) is 4.47. The number of hydrogen-bond acceptors (Lipinski definition) is 5. The number of para-hydroxylation sites is 2. The van der Waals surface area contributed by atoms with Crippen molar-refractivity contribution in [1.82, 2.24) is 14.8 Å². The zero-order valence-electron chi connectivity index (χ0n) is 13.5. The van der Waals surface area contributed by atoms with Crippen LogP contribution < -0.4 is 4.74 Å². The van der Waals surface area contributed by atoms with Gasteiger partial charge in [0.15, 0.2) is 11.0 Å². The van der Waals surface area contributed by atoms with Gasteiger partial charge in [-0.15, -0.1) is 10.2 Å². The zero-order valence-corrected chi connectivity index (χ0v) is 14.3. The fourth-order valence-corrected chi connectivity index (χ4v) is 3.10. The SMILES string of the molecule is COc1ccccc1-c1nnc(SCC(C)=O)n1-c1ccccc1. The average molecular weight is 339 g/mol. The molecule has 0 amide bonds. The number of hydrogen-bond donors (Lipinski definition) is 0. The number of aromatic nitrogens is 3. The summed E-state index contributed by atoms with van der Waals surface area (Å²) in [4.78, 5) is 11.3. The number of carbonyl (C=O) groups is 1. The Morgan fingerprint density at radius 1 is 1.08 bits per heavy atom. The van der Waals surface area contributed by atoms with E-state index in [0.29, 0.717) is 16.7 Å². The van der Waals surface area contributed by atoms with Crippen LogP contribution in [0.25, 0.3) is 17.1 Å². The Morgan fingerprint density at radius 3 is 2.50 bits per heavy atom. The first-order valence-electron chi connectivity index (χ1n) is 7.47. The van der Waals surface area contributed by atoms with Crippen molar-refractivity contribution >= 4 is 17.5 Å². The van der Waals surface area contributed by atoms with E-state index in [1.807, 2.05) is 59.2 Å².